The standard InChI is InChI=1S/C22H26N4O4/c23-9-4-10-24-13-5-6-14-18-17(13)22(30)20-16(29)8-7-15(28)19(20)21(18)25-26(14)11-2-1-3-12-27/h5-8,25,27,29-30H,1-4,9-12,23H2. The minimum Gasteiger partial charge on any atom is -0.507 e. The summed E-state index contributed by atoms with van der Waals surface area (Å²) in [5.74, 6) is -0.294. The molecule has 0 aliphatic carbocycles. The largest absolute Gasteiger partial charge is 0.507 e. The molecule has 1 aromatic heterocycles. The van der Waals surface area contributed by atoms with Gasteiger partial charge in [0, 0.05) is 25.1 Å². The van der Waals surface area contributed by atoms with Crippen LogP contribution in [0, 0.1) is 0 Å². The van der Waals surface area contributed by atoms with E-state index in [9.17, 15) is 15.0 Å². The molecule has 4 rings (SSSR count). The lowest BCUT2D eigenvalue weighted by Crippen LogP contribution is -2.08. The van der Waals surface area contributed by atoms with E-state index in [2.05, 4.69) is 10.1 Å². The number of aliphatic hydroxyl groups excluding tert-OH is 1. The molecule has 0 saturated heterocycles. The number of hydrogen-bond acceptors (Lipinski definition) is 6. The first-order valence-corrected chi connectivity index (χ1v) is 10.3. The Kier molecular flexibility index (Phi) is 5.61. The summed E-state index contributed by atoms with van der Waals surface area (Å²) in [6.45, 7) is 1.86. The van der Waals surface area contributed by atoms with Crippen molar-refractivity contribution in [1.82, 2.24) is 9.78 Å². The number of aliphatic hydroxyl groups is 1. The molecule has 0 atom stereocenters. The van der Waals surface area contributed by atoms with E-state index in [1.165, 1.54) is 12.1 Å². The monoisotopic (exact) mass is 410 g/mol. The van der Waals surface area contributed by atoms with E-state index in [1.807, 2.05) is 16.8 Å². The summed E-state index contributed by atoms with van der Waals surface area (Å²) in [6.07, 6.45) is 3.18. The van der Waals surface area contributed by atoms with Crippen molar-refractivity contribution in [2.75, 3.05) is 19.7 Å². The zero-order valence-electron chi connectivity index (χ0n) is 16.7. The van der Waals surface area contributed by atoms with Crippen molar-refractivity contribution >= 4 is 32.6 Å². The lowest BCUT2D eigenvalue weighted by atomic mass is 9.99. The summed E-state index contributed by atoms with van der Waals surface area (Å²) in [5.41, 5.74) is 6.73. The van der Waals surface area contributed by atoms with Gasteiger partial charge in [-0.1, -0.05) is 0 Å². The van der Waals surface area contributed by atoms with Crippen LogP contribution in [0.25, 0.3) is 32.6 Å². The van der Waals surface area contributed by atoms with Crippen molar-refractivity contribution in [3.05, 3.63) is 39.8 Å². The molecule has 0 aliphatic heterocycles. The fourth-order valence-electron chi connectivity index (χ4n) is 4.07. The highest BCUT2D eigenvalue weighted by Gasteiger charge is 2.21. The number of nitrogens with two attached hydrogens (primary N) is 1. The van der Waals surface area contributed by atoms with E-state index in [4.69, 9.17) is 10.8 Å². The van der Waals surface area contributed by atoms with E-state index in [-0.39, 0.29) is 34.3 Å². The maximum absolute atomic E-state index is 12.7. The van der Waals surface area contributed by atoms with Gasteiger partial charge >= 0.3 is 0 Å². The van der Waals surface area contributed by atoms with Crippen molar-refractivity contribution in [3.63, 3.8) is 0 Å². The van der Waals surface area contributed by atoms with Gasteiger partial charge in [0.2, 0.25) is 0 Å². The zero-order valence-corrected chi connectivity index (χ0v) is 16.7. The van der Waals surface area contributed by atoms with Gasteiger partial charge in [0.15, 0.2) is 5.43 Å². The number of fused-ring (bicyclic) bond motifs is 2. The van der Waals surface area contributed by atoms with E-state index in [1.54, 1.807) is 0 Å². The Hall–Kier alpha value is -3.10. The van der Waals surface area contributed by atoms with Gasteiger partial charge in [-0.05, 0) is 56.5 Å². The van der Waals surface area contributed by atoms with Crippen LogP contribution in [0.3, 0.4) is 0 Å². The molecule has 1 heterocycles. The predicted molar refractivity (Wildman–Crippen MR) is 117 cm³/mol. The number of unbranched alkanes of at least 4 members (excludes halogenated alkanes) is 2. The second-order valence-electron chi connectivity index (χ2n) is 7.48. The molecule has 0 aliphatic rings. The molecule has 0 amide bonds. The summed E-state index contributed by atoms with van der Waals surface area (Å²) in [6, 6.07) is 6.38. The van der Waals surface area contributed by atoms with E-state index in [0.717, 1.165) is 36.6 Å². The number of phenols is 2. The van der Waals surface area contributed by atoms with Crippen molar-refractivity contribution < 1.29 is 15.3 Å². The Morgan fingerprint density at radius 1 is 0.967 bits per heavy atom. The molecule has 0 unspecified atom stereocenters. The van der Waals surface area contributed by atoms with Crippen LogP contribution >= 0.6 is 0 Å². The molecule has 0 bridgehead atoms. The normalized spacial score (nSPS) is 12.7. The SMILES string of the molecule is NCCCN=c1ccc2c3c1c(O)c1c(O)ccc(=O)c1c3[nH]n2CCCCCO. The summed E-state index contributed by atoms with van der Waals surface area (Å²) in [7, 11) is 0. The second kappa shape index (κ2) is 8.33. The number of nitrogens with zero attached hydrogens (tertiary/aromatic N) is 2. The third-order valence-electron chi connectivity index (χ3n) is 5.50. The van der Waals surface area contributed by atoms with Crippen molar-refractivity contribution in [3.8, 4) is 11.5 Å². The third-order valence-corrected chi connectivity index (χ3v) is 5.50. The highest BCUT2D eigenvalue weighted by Crippen LogP contribution is 2.41. The lowest BCUT2D eigenvalue weighted by molar-refractivity contribution is 0.281. The fourth-order valence-corrected chi connectivity index (χ4v) is 4.07. The third kappa shape index (κ3) is 3.28. The summed E-state index contributed by atoms with van der Waals surface area (Å²) < 4.78 is 1.95. The number of aromatic nitrogens is 2. The molecule has 0 fully saturated rings. The topological polar surface area (TPSA) is 137 Å². The summed E-state index contributed by atoms with van der Waals surface area (Å²) >= 11 is 0. The first-order chi connectivity index (χ1) is 14.6. The Bertz CT molecular complexity index is 1320. The number of aromatic amines is 1. The van der Waals surface area contributed by atoms with E-state index >= 15 is 0 Å². The number of aryl methyl sites for hydroxylation is 1. The van der Waals surface area contributed by atoms with Gasteiger partial charge in [-0.25, -0.2) is 0 Å². The zero-order chi connectivity index (χ0) is 21.3. The minimum atomic E-state index is -0.277. The molecule has 8 heteroatoms. The van der Waals surface area contributed by atoms with Gasteiger partial charge < -0.3 is 21.1 Å². The highest BCUT2D eigenvalue weighted by molar-refractivity contribution is 6.23. The van der Waals surface area contributed by atoms with Crippen LogP contribution in [0.5, 0.6) is 11.5 Å². The molecular formula is C22H26N4O4. The number of aromatic hydroxyl groups is 2. The van der Waals surface area contributed by atoms with Crippen LogP contribution in [0.1, 0.15) is 25.7 Å². The molecule has 0 radical (unpaired) electrons. The average molecular weight is 410 g/mol. The van der Waals surface area contributed by atoms with Gasteiger partial charge in [0.25, 0.3) is 0 Å². The molecule has 158 valence electrons. The average Bonchev–Trinajstić information content (AvgIpc) is 3.10. The molecule has 8 nitrogen and oxygen atoms in total. The molecule has 0 saturated carbocycles. The molecule has 0 spiro atoms. The minimum absolute atomic E-state index is 0.132. The van der Waals surface area contributed by atoms with Crippen molar-refractivity contribution in [2.24, 2.45) is 10.7 Å². The Balaban J connectivity index is 2.06. The van der Waals surface area contributed by atoms with Crippen LogP contribution in [-0.2, 0) is 6.54 Å². The Morgan fingerprint density at radius 2 is 1.80 bits per heavy atom. The summed E-state index contributed by atoms with van der Waals surface area (Å²) in [4.78, 5) is 17.3. The van der Waals surface area contributed by atoms with E-state index in [0.29, 0.717) is 35.9 Å². The molecule has 3 aromatic carbocycles. The van der Waals surface area contributed by atoms with Crippen LogP contribution < -0.4 is 16.5 Å². The Labute approximate surface area is 172 Å². The number of hydrogen-bond donors (Lipinski definition) is 5. The predicted octanol–water partition coefficient (Wildman–Crippen LogP) is 1.90. The first-order valence-electron chi connectivity index (χ1n) is 10.3. The van der Waals surface area contributed by atoms with Crippen molar-refractivity contribution in [2.45, 2.75) is 32.2 Å². The highest BCUT2D eigenvalue weighted by atomic mass is 16.3. The van der Waals surface area contributed by atoms with Crippen LogP contribution in [-0.4, -0.2) is 44.8 Å². The molecule has 30 heavy (non-hydrogen) atoms. The number of rotatable bonds is 8. The fraction of sp³-hybridized carbons (Fsp3) is 0.364. The van der Waals surface area contributed by atoms with Crippen LogP contribution in [0.2, 0.25) is 0 Å². The maximum atomic E-state index is 12.7. The van der Waals surface area contributed by atoms with Gasteiger partial charge in [-0.3, -0.25) is 19.6 Å². The quantitative estimate of drug-likeness (QED) is 0.223. The summed E-state index contributed by atoms with van der Waals surface area (Å²) in [5, 5.41) is 36.1. The maximum Gasteiger partial charge on any atom is 0.189 e. The number of nitrogens with one attached hydrogen (secondary N) is 1. The molecular weight excluding hydrogens is 384 g/mol. The van der Waals surface area contributed by atoms with Gasteiger partial charge in [-0.15, -0.1) is 0 Å². The number of phenolic OH excluding ortho intramolecular Hbond substituents is 2. The van der Waals surface area contributed by atoms with Gasteiger partial charge in [0.05, 0.1) is 32.5 Å². The number of benzene rings is 3. The second-order valence-corrected chi connectivity index (χ2v) is 7.48. The van der Waals surface area contributed by atoms with E-state index < -0.39 is 0 Å². The van der Waals surface area contributed by atoms with Gasteiger partial charge in [0.1, 0.15) is 11.5 Å². The van der Waals surface area contributed by atoms with Crippen LogP contribution in [0.4, 0.5) is 0 Å². The lowest BCUT2D eigenvalue weighted by Gasteiger charge is -2.08. The number of H-pyrrole nitrogens is 1. The molecule has 4 aromatic rings. The van der Waals surface area contributed by atoms with Gasteiger partial charge in [-0.2, -0.15) is 0 Å². The first kappa shape index (κ1) is 20.2. The Morgan fingerprint density at radius 3 is 2.57 bits per heavy atom. The molecule has 6 N–H and O–H groups in total. The smallest absolute Gasteiger partial charge is 0.189 e. The van der Waals surface area contributed by atoms with Crippen molar-refractivity contribution in [1.29, 1.82) is 0 Å². The van der Waals surface area contributed by atoms with Crippen LogP contribution in [0.15, 0.2) is 34.1 Å².